The van der Waals surface area contributed by atoms with E-state index in [1.165, 1.54) is 6.20 Å². The zero-order valence-corrected chi connectivity index (χ0v) is 7.81. The predicted molar refractivity (Wildman–Crippen MR) is 49.5 cm³/mol. The van der Waals surface area contributed by atoms with Crippen LogP contribution in [0.3, 0.4) is 0 Å². The van der Waals surface area contributed by atoms with Crippen molar-refractivity contribution in [2.75, 3.05) is 13.1 Å². The molecule has 0 spiro atoms. The molecule has 1 saturated heterocycles. The second-order valence-electron chi connectivity index (χ2n) is 3.51. The Morgan fingerprint density at radius 3 is 3.21 bits per heavy atom. The molecule has 6 nitrogen and oxygen atoms in total. The van der Waals surface area contributed by atoms with E-state index in [4.69, 9.17) is 5.73 Å². The molecule has 1 amide bonds. The highest BCUT2D eigenvalue weighted by atomic mass is 16.2. The summed E-state index contributed by atoms with van der Waals surface area (Å²) < 4.78 is 0. The first kappa shape index (κ1) is 9.14. The van der Waals surface area contributed by atoms with Gasteiger partial charge in [-0.15, -0.1) is 0 Å². The van der Waals surface area contributed by atoms with Crippen LogP contribution in [0.2, 0.25) is 0 Å². The van der Waals surface area contributed by atoms with E-state index in [-0.39, 0.29) is 11.9 Å². The van der Waals surface area contributed by atoms with Gasteiger partial charge < -0.3 is 10.6 Å². The molecule has 3 N–H and O–H groups in total. The van der Waals surface area contributed by atoms with E-state index in [1.54, 1.807) is 4.90 Å². The third-order valence-corrected chi connectivity index (χ3v) is 2.38. The minimum absolute atomic E-state index is 0.0890. The Morgan fingerprint density at radius 2 is 2.57 bits per heavy atom. The minimum Gasteiger partial charge on any atom is -0.336 e. The second-order valence-corrected chi connectivity index (χ2v) is 3.51. The van der Waals surface area contributed by atoms with Gasteiger partial charge in [0.2, 0.25) is 0 Å². The summed E-state index contributed by atoms with van der Waals surface area (Å²) in [6.45, 7) is 1.38. The van der Waals surface area contributed by atoms with Crippen molar-refractivity contribution in [1.82, 2.24) is 20.3 Å². The number of amides is 1. The summed E-state index contributed by atoms with van der Waals surface area (Å²) >= 11 is 0. The molecule has 1 aliphatic heterocycles. The van der Waals surface area contributed by atoms with Gasteiger partial charge in [0.05, 0.1) is 6.20 Å². The van der Waals surface area contributed by atoms with E-state index in [0.29, 0.717) is 12.2 Å². The maximum Gasteiger partial charge on any atom is 0.276 e. The van der Waals surface area contributed by atoms with Crippen molar-refractivity contribution >= 4 is 5.91 Å². The van der Waals surface area contributed by atoms with Crippen molar-refractivity contribution in [3.63, 3.8) is 0 Å². The fourth-order valence-electron chi connectivity index (χ4n) is 1.66. The Kier molecular flexibility index (Phi) is 2.45. The first-order valence-corrected chi connectivity index (χ1v) is 4.68. The van der Waals surface area contributed by atoms with Crippen LogP contribution in [0.1, 0.15) is 23.3 Å². The largest absolute Gasteiger partial charge is 0.336 e. The third kappa shape index (κ3) is 1.74. The third-order valence-electron chi connectivity index (χ3n) is 2.38. The SMILES string of the molecule is NC1CCCN(C(=O)c2cn[nH]n2)C1. The Bertz CT molecular complexity index is 310. The summed E-state index contributed by atoms with van der Waals surface area (Å²) in [5.74, 6) is -0.0890. The molecule has 1 aliphatic rings. The second kappa shape index (κ2) is 3.75. The van der Waals surface area contributed by atoms with Crippen LogP contribution in [-0.2, 0) is 0 Å². The maximum atomic E-state index is 11.8. The molecule has 76 valence electrons. The van der Waals surface area contributed by atoms with Crippen molar-refractivity contribution in [3.05, 3.63) is 11.9 Å². The molecule has 1 aromatic rings. The molecule has 1 atom stereocenters. The number of aromatic amines is 1. The number of nitrogens with one attached hydrogen (secondary N) is 1. The van der Waals surface area contributed by atoms with Gasteiger partial charge in [-0.3, -0.25) is 4.79 Å². The lowest BCUT2D eigenvalue weighted by Crippen LogP contribution is -2.45. The fourth-order valence-corrected chi connectivity index (χ4v) is 1.66. The summed E-state index contributed by atoms with van der Waals surface area (Å²) in [4.78, 5) is 13.5. The molecule has 2 heterocycles. The van der Waals surface area contributed by atoms with Crippen molar-refractivity contribution < 1.29 is 4.79 Å². The van der Waals surface area contributed by atoms with Gasteiger partial charge in [-0.05, 0) is 12.8 Å². The Balaban J connectivity index is 2.04. The Hall–Kier alpha value is -1.43. The number of piperidine rings is 1. The number of rotatable bonds is 1. The van der Waals surface area contributed by atoms with Crippen LogP contribution in [0, 0.1) is 0 Å². The normalized spacial score (nSPS) is 22.4. The zero-order valence-electron chi connectivity index (χ0n) is 7.81. The number of likely N-dealkylation sites (tertiary alicyclic amines) is 1. The van der Waals surface area contributed by atoms with Gasteiger partial charge >= 0.3 is 0 Å². The van der Waals surface area contributed by atoms with Crippen molar-refractivity contribution in [1.29, 1.82) is 0 Å². The van der Waals surface area contributed by atoms with Gasteiger partial charge in [0.25, 0.3) is 5.91 Å². The van der Waals surface area contributed by atoms with E-state index in [1.807, 2.05) is 0 Å². The number of aromatic nitrogens is 3. The highest BCUT2D eigenvalue weighted by Crippen LogP contribution is 2.10. The van der Waals surface area contributed by atoms with Crippen LogP contribution < -0.4 is 5.73 Å². The van der Waals surface area contributed by atoms with Gasteiger partial charge in [-0.25, -0.2) is 0 Å². The number of nitrogens with zero attached hydrogens (tertiary/aromatic N) is 3. The van der Waals surface area contributed by atoms with Crippen molar-refractivity contribution in [2.24, 2.45) is 5.73 Å². The molecule has 1 fully saturated rings. The van der Waals surface area contributed by atoms with E-state index < -0.39 is 0 Å². The number of carbonyl (C=O) groups excluding carboxylic acids is 1. The van der Waals surface area contributed by atoms with Crippen molar-refractivity contribution in [3.8, 4) is 0 Å². The molecule has 14 heavy (non-hydrogen) atoms. The zero-order chi connectivity index (χ0) is 9.97. The number of nitrogens with two attached hydrogens (primary N) is 1. The predicted octanol–water partition coefficient (Wildman–Crippen LogP) is -0.632. The van der Waals surface area contributed by atoms with Gasteiger partial charge in [0.1, 0.15) is 0 Å². The fraction of sp³-hybridized carbons (Fsp3) is 0.625. The highest BCUT2D eigenvalue weighted by molar-refractivity contribution is 5.91. The molecular weight excluding hydrogens is 182 g/mol. The number of hydrogen-bond donors (Lipinski definition) is 2. The maximum absolute atomic E-state index is 11.8. The van der Waals surface area contributed by atoms with Crippen LogP contribution in [0.4, 0.5) is 0 Å². The molecule has 0 radical (unpaired) electrons. The highest BCUT2D eigenvalue weighted by Gasteiger charge is 2.23. The molecule has 1 unspecified atom stereocenters. The quantitative estimate of drug-likeness (QED) is 0.624. The minimum atomic E-state index is -0.0890. The molecule has 0 aliphatic carbocycles. The lowest BCUT2D eigenvalue weighted by molar-refractivity contribution is 0.0703. The first-order valence-electron chi connectivity index (χ1n) is 4.68. The summed E-state index contributed by atoms with van der Waals surface area (Å²) in [6.07, 6.45) is 3.38. The Labute approximate surface area is 81.5 Å². The van der Waals surface area contributed by atoms with Gasteiger partial charge in [-0.2, -0.15) is 15.4 Å². The van der Waals surface area contributed by atoms with E-state index in [2.05, 4.69) is 15.4 Å². The number of carbonyl (C=O) groups is 1. The van der Waals surface area contributed by atoms with Crippen LogP contribution in [0.5, 0.6) is 0 Å². The molecular formula is C8H13N5O. The molecule has 6 heteroatoms. The summed E-state index contributed by atoms with van der Waals surface area (Å²) in [5, 5.41) is 9.77. The van der Waals surface area contributed by atoms with Crippen LogP contribution in [0.25, 0.3) is 0 Å². The lowest BCUT2D eigenvalue weighted by atomic mass is 10.1. The number of hydrogen-bond acceptors (Lipinski definition) is 4. The molecule has 1 aromatic heterocycles. The van der Waals surface area contributed by atoms with E-state index in [0.717, 1.165) is 19.4 Å². The average molecular weight is 195 g/mol. The first-order chi connectivity index (χ1) is 6.77. The summed E-state index contributed by atoms with van der Waals surface area (Å²) in [7, 11) is 0. The smallest absolute Gasteiger partial charge is 0.276 e. The molecule has 2 rings (SSSR count). The molecule has 0 bridgehead atoms. The standard InChI is InChI=1S/C8H13N5O/c9-6-2-1-3-13(5-6)8(14)7-4-10-12-11-7/h4,6H,1-3,5,9H2,(H,10,11,12). The average Bonchev–Trinajstić information content (AvgIpc) is 2.69. The van der Waals surface area contributed by atoms with E-state index in [9.17, 15) is 4.79 Å². The van der Waals surface area contributed by atoms with Gasteiger partial charge in [0, 0.05) is 19.1 Å². The van der Waals surface area contributed by atoms with Crippen molar-refractivity contribution in [2.45, 2.75) is 18.9 Å². The monoisotopic (exact) mass is 195 g/mol. The molecule has 0 saturated carbocycles. The van der Waals surface area contributed by atoms with Crippen LogP contribution >= 0.6 is 0 Å². The number of H-pyrrole nitrogens is 1. The molecule has 0 aromatic carbocycles. The van der Waals surface area contributed by atoms with Gasteiger partial charge in [-0.1, -0.05) is 0 Å². The van der Waals surface area contributed by atoms with E-state index >= 15 is 0 Å². The van der Waals surface area contributed by atoms with Crippen LogP contribution in [-0.4, -0.2) is 45.3 Å². The van der Waals surface area contributed by atoms with Crippen LogP contribution in [0.15, 0.2) is 6.20 Å². The topological polar surface area (TPSA) is 87.9 Å². The summed E-state index contributed by atoms with van der Waals surface area (Å²) in [6, 6.07) is 0.0969. The summed E-state index contributed by atoms with van der Waals surface area (Å²) in [5.41, 5.74) is 6.14. The lowest BCUT2D eigenvalue weighted by Gasteiger charge is -2.29. The Morgan fingerprint density at radius 1 is 1.71 bits per heavy atom. The van der Waals surface area contributed by atoms with Gasteiger partial charge in [0.15, 0.2) is 5.69 Å².